The number of rotatable bonds is 3. The Kier molecular flexibility index (Phi) is 5.08. The third-order valence-electron chi connectivity index (χ3n) is 3.34. The minimum atomic E-state index is -0.579. The summed E-state index contributed by atoms with van der Waals surface area (Å²) < 4.78 is 10.4. The number of nitrogens with zero attached hydrogens (tertiary/aromatic N) is 1. The topological polar surface area (TPSA) is 55.8 Å². The first-order valence-electron chi connectivity index (χ1n) is 7.77. The van der Waals surface area contributed by atoms with Crippen LogP contribution in [0, 0.1) is 0 Å². The van der Waals surface area contributed by atoms with E-state index in [0.717, 1.165) is 11.3 Å². The van der Waals surface area contributed by atoms with E-state index < -0.39 is 17.7 Å². The Labute approximate surface area is 136 Å². The summed E-state index contributed by atoms with van der Waals surface area (Å²) in [6, 6.07) is 7.42. The third kappa shape index (κ3) is 4.34. The number of para-hydroxylation sites is 1. The van der Waals surface area contributed by atoms with Crippen LogP contribution in [0.25, 0.3) is 0 Å². The minimum Gasteiger partial charge on any atom is -0.463 e. The van der Waals surface area contributed by atoms with Crippen molar-refractivity contribution in [1.29, 1.82) is 0 Å². The zero-order valence-corrected chi connectivity index (χ0v) is 14.0. The average molecular weight is 317 g/mol. The Hall–Kier alpha value is -2.30. The maximum absolute atomic E-state index is 12.6. The second kappa shape index (κ2) is 6.86. The van der Waals surface area contributed by atoms with Gasteiger partial charge in [0, 0.05) is 6.08 Å². The zero-order chi connectivity index (χ0) is 17.0. The normalized spacial score (nSPS) is 17.2. The van der Waals surface area contributed by atoms with Gasteiger partial charge in [0.25, 0.3) is 0 Å². The standard InChI is InChI=1S/C18H23NO4/c1-5-22-16(20)11-10-14-12-13-8-6-7-9-15(13)19(14)17(21)23-18(2,3)4/h6-11,14H,5,12H2,1-4H3/b11-10+/t14-/m1/s1. The van der Waals surface area contributed by atoms with E-state index in [1.807, 2.05) is 45.0 Å². The molecule has 1 aliphatic rings. The number of fused-ring (bicyclic) bond motifs is 1. The molecule has 0 fully saturated rings. The predicted octanol–water partition coefficient (Wildman–Crippen LogP) is 3.47. The highest BCUT2D eigenvalue weighted by atomic mass is 16.6. The van der Waals surface area contributed by atoms with Gasteiger partial charge in [0.15, 0.2) is 0 Å². The van der Waals surface area contributed by atoms with Gasteiger partial charge in [0.2, 0.25) is 0 Å². The van der Waals surface area contributed by atoms with Crippen molar-refractivity contribution < 1.29 is 19.1 Å². The number of anilines is 1. The Balaban J connectivity index is 2.24. The van der Waals surface area contributed by atoms with Gasteiger partial charge in [-0.05, 0) is 45.7 Å². The highest BCUT2D eigenvalue weighted by Crippen LogP contribution is 2.33. The fourth-order valence-corrected chi connectivity index (χ4v) is 2.49. The molecule has 0 saturated carbocycles. The Bertz CT molecular complexity index is 616. The van der Waals surface area contributed by atoms with Crippen LogP contribution in [0.5, 0.6) is 0 Å². The smallest absolute Gasteiger partial charge is 0.415 e. The van der Waals surface area contributed by atoms with Gasteiger partial charge in [0.05, 0.1) is 18.3 Å². The molecule has 124 valence electrons. The van der Waals surface area contributed by atoms with E-state index in [0.29, 0.717) is 13.0 Å². The average Bonchev–Trinajstić information content (AvgIpc) is 2.82. The summed E-state index contributed by atoms with van der Waals surface area (Å²) in [6.45, 7) is 7.57. The van der Waals surface area contributed by atoms with E-state index in [4.69, 9.17) is 9.47 Å². The van der Waals surface area contributed by atoms with Crippen LogP contribution in [0.2, 0.25) is 0 Å². The SMILES string of the molecule is CCOC(=O)/C=C/[C@@H]1Cc2ccccc2N1C(=O)OC(C)(C)C. The highest BCUT2D eigenvalue weighted by molar-refractivity contribution is 5.92. The lowest BCUT2D eigenvalue weighted by atomic mass is 10.1. The Morgan fingerprint density at radius 3 is 2.65 bits per heavy atom. The van der Waals surface area contributed by atoms with Crippen LogP contribution < -0.4 is 4.90 Å². The molecule has 2 rings (SSSR count). The van der Waals surface area contributed by atoms with E-state index in [-0.39, 0.29) is 6.04 Å². The molecule has 1 aromatic rings. The van der Waals surface area contributed by atoms with Gasteiger partial charge in [-0.15, -0.1) is 0 Å². The molecule has 0 bridgehead atoms. The van der Waals surface area contributed by atoms with E-state index in [1.54, 1.807) is 17.9 Å². The molecule has 1 atom stereocenters. The van der Waals surface area contributed by atoms with Crippen molar-refractivity contribution in [3.63, 3.8) is 0 Å². The predicted molar refractivity (Wildman–Crippen MR) is 88.4 cm³/mol. The molecule has 0 aliphatic carbocycles. The lowest BCUT2D eigenvalue weighted by Gasteiger charge is -2.27. The van der Waals surface area contributed by atoms with E-state index in [2.05, 4.69) is 0 Å². The first-order chi connectivity index (χ1) is 10.8. The molecule has 0 unspecified atom stereocenters. The summed E-state index contributed by atoms with van der Waals surface area (Å²) in [4.78, 5) is 25.7. The summed E-state index contributed by atoms with van der Waals surface area (Å²) in [5.41, 5.74) is 1.29. The number of benzene rings is 1. The van der Waals surface area contributed by atoms with Crippen molar-refractivity contribution in [1.82, 2.24) is 0 Å². The number of esters is 1. The van der Waals surface area contributed by atoms with Crippen LogP contribution in [0.4, 0.5) is 10.5 Å². The fraction of sp³-hybridized carbons (Fsp3) is 0.444. The van der Waals surface area contributed by atoms with Crippen molar-refractivity contribution in [2.75, 3.05) is 11.5 Å². The summed E-state index contributed by atoms with van der Waals surface area (Å²) in [6.07, 6.45) is 3.30. The minimum absolute atomic E-state index is 0.258. The van der Waals surface area contributed by atoms with Crippen LogP contribution in [-0.2, 0) is 20.7 Å². The number of hydrogen-bond donors (Lipinski definition) is 0. The Morgan fingerprint density at radius 2 is 2.00 bits per heavy atom. The van der Waals surface area contributed by atoms with Crippen LogP contribution in [0.1, 0.15) is 33.3 Å². The Morgan fingerprint density at radius 1 is 1.30 bits per heavy atom. The monoisotopic (exact) mass is 317 g/mol. The number of ether oxygens (including phenoxy) is 2. The number of carbonyl (C=O) groups excluding carboxylic acids is 2. The van der Waals surface area contributed by atoms with Gasteiger partial charge in [-0.1, -0.05) is 24.3 Å². The van der Waals surface area contributed by atoms with Crippen LogP contribution in [-0.4, -0.2) is 30.3 Å². The zero-order valence-electron chi connectivity index (χ0n) is 14.0. The molecular weight excluding hydrogens is 294 g/mol. The van der Waals surface area contributed by atoms with Crippen LogP contribution >= 0.6 is 0 Å². The van der Waals surface area contributed by atoms with E-state index in [9.17, 15) is 9.59 Å². The van der Waals surface area contributed by atoms with Gasteiger partial charge in [-0.25, -0.2) is 9.59 Å². The molecule has 0 aromatic heterocycles. The lowest BCUT2D eigenvalue weighted by Crippen LogP contribution is -2.40. The van der Waals surface area contributed by atoms with Crippen molar-refractivity contribution in [2.24, 2.45) is 0 Å². The molecule has 1 amide bonds. The molecule has 0 saturated heterocycles. The highest BCUT2D eigenvalue weighted by Gasteiger charge is 2.35. The van der Waals surface area contributed by atoms with Gasteiger partial charge >= 0.3 is 12.1 Å². The van der Waals surface area contributed by atoms with Crippen molar-refractivity contribution in [3.05, 3.63) is 42.0 Å². The molecule has 1 aromatic carbocycles. The van der Waals surface area contributed by atoms with Gasteiger partial charge in [0.1, 0.15) is 5.60 Å². The molecule has 1 aliphatic heterocycles. The quantitative estimate of drug-likeness (QED) is 0.633. The lowest BCUT2D eigenvalue weighted by molar-refractivity contribution is -0.137. The van der Waals surface area contributed by atoms with Crippen molar-refractivity contribution >= 4 is 17.7 Å². The van der Waals surface area contributed by atoms with Crippen molar-refractivity contribution in [3.8, 4) is 0 Å². The molecule has 5 heteroatoms. The second-order valence-electron chi connectivity index (χ2n) is 6.36. The largest absolute Gasteiger partial charge is 0.463 e. The maximum atomic E-state index is 12.6. The van der Waals surface area contributed by atoms with Crippen molar-refractivity contribution in [2.45, 2.75) is 45.8 Å². The van der Waals surface area contributed by atoms with E-state index >= 15 is 0 Å². The second-order valence-corrected chi connectivity index (χ2v) is 6.36. The summed E-state index contributed by atoms with van der Waals surface area (Å²) in [5.74, 6) is -0.410. The molecular formula is C18H23NO4. The molecule has 0 N–H and O–H groups in total. The number of hydrogen-bond acceptors (Lipinski definition) is 4. The molecule has 1 heterocycles. The third-order valence-corrected chi connectivity index (χ3v) is 3.34. The maximum Gasteiger partial charge on any atom is 0.415 e. The van der Waals surface area contributed by atoms with Crippen LogP contribution in [0.15, 0.2) is 36.4 Å². The van der Waals surface area contributed by atoms with Gasteiger partial charge < -0.3 is 9.47 Å². The fourth-order valence-electron chi connectivity index (χ4n) is 2.49. The van der Waals surface area contributed by atoms with Gasteiger partial charge in [-0.3, -0.25) is 4.90 Å². The molecule has 0 spiro atoms. The number of carbonyl (C=O) groups is 2. The summed E-state index contributed by atoms with van der Waals surface area (Å²) in [7, 11) is 0. The molecule has 0 radical (unpaired) electrons. The van der Waals surface area contributed by atoms with Crippen LogP contribution in [0.3, 0.4) is 0 Å². The summed E-state index contributed by atoms with van der Waals surface area (Å²) >= 11 is 0. The first kappa shape index (κ1) is 17.1. The summed E-state index contributed by atoms with van der Waals surface area (Å²) in [5, 5.41) is 0. The molecule has 5 nitrogen and oxygen atoms in total. The molecule has 23 heavy (non-hydrogen) atoms. The van der Waals surface area contributed by atoms with E-state index in [1.165, 1.54) is 6.08 Å². The number of amides is 1. The van der Waals surface area contributed by atoms with Gasteiger partial charge in [-0.2, -0.15) is 0 Å². The first-order valence-corrected chi connectivity index (χ1v) is 7.77.